The lowest BCUT2D eigenvalue weighted by atomic mass is 9.67. The number of methoxy groups -OCH3 is 1. The molecule has 0 aromatic heterocycles. The van der Waals surface area contributed by atoms with Crippen molar-refractivity contribution in [2.24, 2.45) is 0 Å². The molecule has 4 aliphatic heterocycles. The Balaban J connectivity index is 0.000000263. The molecule has 4 fully saturated rings. The molecule has 5 aromatic rings. The number of phenols is 3. The quantitative estimate of drug-likeness (QED) is 0.0443. The second-order valence-corrected chi connectivity index (χ2v) is 24.9. The highest BCUT2D eigenvalue weighted by molar-refractivity contribution is 6.30. The number of nitrogens with zero attached hydrogens (tertiary/aromatic N) is 2. The number of hydrogen-bond acceptors (Lipinski definition) is 20. The maximum Gasteiger partial charge on any atom is 0.316 e. The van der Waals surface area contributed by atoms with E-state index in [0.29, 0.717) is 18.6 Å². The molecule has 0 amide bonds. The third-order valence-electron chi connectivity index (χ3n) is 18.7. The molecule has 6 aliphatic rings. The Morgan fingerprint density at radius 2 is 1.37 bits per heavy atom. The van der Waals surface area contributed by atoms with Crippen molar-refractivity contribution >= 4 is 34.7 Å². The Morgan fingerprint density at radius 3 is 1.96 bits per heavy atom. The molecule has 2 aliphatic carbocycles. The zero-order chi connectivity index (χ0) is 64.2. The van der Waals surface area contributed by atoms with E-state index in [9.17, 15) is 44.7 Å². The number of Topliss-reactive ketones (excluding diaryl/α,β-unsaturated/α-hetero) is 1. The van der Waals surface area contributed by atoms with Crippen LogP contribution in [0.15, 0.2) is 97.1 Å². The molecule has 14 atom stereocenters. The van der Waals surface area contributed by atoms with Crippen LogP contribution in [0.3, 0.4) is 0 Å². The summed E-state index contributed by atoms with van der Waals surface area (Å²) in [6, 6.07) is 28.5. The van der Waals surface area contributed by atoms with Crippen molar-refractivity contribution in [1.29, 1.82) is 0 Å². The van der Waals surface area contributed by atoms with Gasteiger partial charge in [-0.2, -0.15) is 0 Å². The number of rotatable bonds is 12. The van der Waals surface area contributed by atoms with Crippen molar-refractivity contribution in [3.8, 4) is 28.4 Å². The van der Waals surface area contributed by atoms with Crippen LogP contribution in [0.4, 0.5) is 11.4 Å². The molecule has 488 valence electrons. The maximum absolute atomic E-state index is 13.9. The minimum atomic E-state index is -1.76. The summed E-state index contributed by atoms with van der Waals surface area (Å²) in [6.07, 6.45) is -1.70. The van der Waals surface area contributed by atoms with Gasteiger partial charge in [-0.15, -0.1) is 0 Å². The van der Waals surface area contributed by atoms with Crippen LogP contribution in [0, 0.1) is 0 Å². The van der Waals surface area contributed by atoms with E-state index in [1.807, 2.05) is 79.7 Å². The van der Waals surface area contributed by atoms with Gasteiger partial charge in [0.25, 0.3) is 0 Å². The highest BCUT2D eigenvalue weighted by Crippen LogP contribution is 2.54. The van der Waals surface area contributed by atoms with Crippen LogP contribution >= 0.6 is 0 Å². The summed E-state index contributed by atoms with van der Waals surface area (Å²) in [4.78, 5) is 57.4. The van der Waals surface area contributed by atoms with Crippen LogP contribution < -0.4 is 11.5 Å². The number of aromatic hydroxyl groups is 3. The molecule has 0 bridgehead atoms. The van der Waals surface area contributed by atoms with Gasteiger partial charge in [0, 0.05) is 78.2 Å². The normalized spacial score (nSPS) is 30.0. The first-order valence-corrected chi connectivity index (χ1v) is 31.0. The van der Waals surface area contributed by atoms with Gasteiger partial charge in [0.2, 0.25) is 5.78 Å². The minimum Gasteiger partial charge on any atom is -0.508 e. The summed E-state index contributed by atoms with van der Waals surface area (Å²) in [6.45, 7) is 11.5. The first-order valence-electron chi connectivity index (χ1n) is 31.0. The number of carbonyl (C=O) groups excluding carboxylic acids is 4. The van der Waals surface area contributed by atoms with Gasteiger partial charge >= 0.3 is 5.97 Å². The number of likely N-dealkylation sites (N-methyl/N-ethyl adjacent to an activating group) is 2. The van der Waals surface area contributed by atoms with Gasteiger partial charge in [-0.3, -0.25) is 19.2 Å². The van der Waals surface area contributed by atoms with Gasteiger partial charge in [-0.25, -0.2) is 0 Å². The highest BCUT2D eigenvalue weighted by atomic mass is 16.7. The molecule has 0 saturated carbocycles. The lowest BCUT2D eigenvalue weighted by Gasteiger charge is -2.48. The predicted octanol–water partition coefficient (Wildman–Crippen LogP) is 9.47. The molecular formula is C70H92N4O16. The number of aliphatic hydroxyl groups is 2. The van der Waals surface area contributed by atoms with Crippen LogP contribution in [0.1, 0.15) is 167 Å². The number of ketones is 3. The Kier molecular flexibility index (Phi) is 22.4. The summed E-state index contributed by atoms with van der Waals surface area (Å²) < 4.78 is 42.6. The number of ether oxygens (including phenoxy) is 7. The molecule has 9 N–H and O–H groups in total. The average molecular weight is 1250 g/mol. The SMILES string of the molecule is C.CCC1(c2cccc(O)c2)CCCCN(C)C1.CC[C@@]1(O)C[C@H](O[C@H]2C[C@H](N(C)C)[C@H](O[C@H]3C[C@H](O)[C@H](O[C@H]4CCC(=O)[C@H](C)O4)[C@H](C)O3)[C@H](C)O2)c2c(cc3c(c2O)C(=O)c2c(O)cccc2C3=O)[C@H]1C(=O)OC.Nc1ccc(-c2ccc(N)cc2)cc1. The van der Waals surface area contributed by atoms with E-state index in [0.717, 1.165) is 35.5 Å². The zero-order valence-corrected chi connectivity index (χ0v) is 52.4. The van der Waals surface area contributed by atoms with E-state index >= 15 is 0 Å². The molecule has 90 heavy (non-hydrogen) atoms. The van der Waals surface area contributed by atoms with E-state index < -0.39 is 102 Å². The topological polar surface area (TPSA) is 293 Å². The fraction of sp³-hybridized carbons (Fsp3) is 0.514. The predicted molar refractivity (Wildman–Crippen MR) is 340 cm³/mol. The Hall–Kier alpha value is -6.82. The monoisotopic (exact) mass is 1240 g/mol. The smallest absolute Gasteiger partial charge is 0.316 e. The molecule has 5 aromatic carbocycles. The average Bonchev–Trinajstić information content (AvgIpc) is 0.839. The fourth-order valence-corrected chi connectivity index (χ4v) is 13.7. The summed E-state index contributed by atoms with van der Waals surface area (Å²) in [5.74, 6) is -4.20. The second-order valence-electron chi connectivity index (χ2n) is 24.9. The molecule has 20 nitrogen and oxygen atoms in total. The molecule has 0 radical (unpaired) electrons. The van der Waals surface area contributed by atoms with Crippen molar-refractivity contribution in [3.63, 3.8) is 0 Å². The number of hydrogen-bond donors (Lipinski definition) is 7. The molecule has 11 rings (SSSR count). The number of nitrogens with two attached hydrogens (primary N) is 2. The van der Waals surface area contributed by atoms with Crippen LogP contribution in [0.2, 0.25) is 0 Å². The number of fused-ring (bicyclic) bond motifs is 3. The summed E-state index contributed by atoms with van der Waals surface area (Å²) >= 11 is 0. The van der Waals surface area contributed by atoms with Crippen LogP contribution in [-0.2, 0) is 48.2 Å². The first-order chi connectivity index (χ1) is 42.4. The number of carbonyl (C=O) groups is 4. The Morgan fingerprint density at radius 1 is 0.744 bits per heavy atom. The minimum absolute atomic E-state index is 0. The Labute approximate surface area is 528 Å². The van der Waals surface area contributed by atoms with E-state index in [1.54, 1.807) is 33.8 Å². The summed E-state index contributed by atoms with van der Waals surface area (Å²) in [5.41, 5.74) is 14.1. The third-order valence-corrected chi connectivity index (χ3v) is 18.7. The van der Waals surface area contributed by atoms with Crippen molar-refractivity contribution in [3.05, 3.63) is 136 Å². The number of likely N-dealkylation sites (tertiary alicyclic amines) is 1. The molecule has 20 heteroatoms. The van der Waals surface area contributed by atoms with Crippen LogP contribution in [0.5, 0.6) is 17.2 Å². The summed E-state index contributed by atoms with van der Waals surface area (Å²) in [7, 11) is 7.12. The van der Waals surface area contributed by atoms with Crippen molar-refractivity contribution in [2.45, 2.75) is 191 Å². The van der Waals surface area contributed by atoms with E-state index in [4.69, 9.17) is 44.6 Å². The molecule has 1 unspecified atom stereocenters. The van der Waals surface area contributed by atoms with E-state index in [-0.39, 0.29) is 83.7 Å². The number of benzene rings is 5. The standard InChI is InChI=1S/C42H53NO15.C15H23NO.C12H12N2.CH4/c1-8-42(51)17-28(33-22(35(42)41(50)52-7)14-23-34(38(33)49)37(48)32-21(36(23)47)10-9-11-26(32)45)56-30-15-24(43(5)6)39(19(3)54-30)58-31-16-27(46)40(20(4)55-31)57-29-13-12-25(44)18(2)53-29;1-3-15(9-4-5-10-16(2)12-15)13-7-6-8-14(17)11-13;13-11-5-1-9(2-6-11)10-3-7-12(14)8-4-10;/h9-11,14,18-20,24,27-31,35,39-40,45-46,49,51H,8,12-13,15-17H2,1-7H3;6-8,11,17H,3-5,9-10,12H2,1-2H3;1-8H,13-14H2;1H4/t18-,19-,20-,24-,27-,28-,29-,30-,31-,35-,39+,40+,42+;;;/m0.../s1. The number of phenolic OH excluding ortho intramolecular Hbond substituents is 3. The zero-order valence-electron chi connectivity index (χ0n) is 52.4. The molecule has 0 spiro atoms. The lowest BCUT2D eigenvalue weighted by molar-refractivity contribution is -0.324. The molecule has 4 heterocycles. The third kappa shape index (κ3) is 14.7. The van der Waals surface area contributed by atoms with Gasteiger partial charge in [0.15, 0.2) is 30.4 Å². The first kappa shape index (κ1) is 69.1. The van der Waals surface area contributed by atoms with Crippen molar-refractivity contribution in [2.75, 3.05) is 52.8 Å². The van der Waals surface area contributed by atoms with Gasteiger partial charge < -0.3 is 80.0 Å². The second kappa shape index (κ2) is 29.2. The van der Waals surface area contributed by atoms with Gasteiger partial charge in [-0.1, -0.05) is 76.2 Å². The largest absolute Gasteiger partial charge is 0.508 e. The summed E-state index contributed by atoms with van der Waals surface area (Å²) in [5, 5.41) is 55.5. The van der Waals surface area contributed by atoms with Crippen molar-refractivity contribution < 1.29 is 77.9 Å². The van der Waals surface area contributed by atoms with Gasteiger partial charge in [0.05, 0.1) is 48.3 Å². The van der Waals surface area contributed by atoms with Crippen LogP contribution in [0.25, 0.3) is 11.1 Å². The Bertz CT molecular complexity index is 3270. The molecule has 4 saturated heterocycles. The molecular weight excluding hydrogens is 1150 g/mol. The number of nitrogen functional groups attached to an aromatic ring is 2. The van der Waals surface area contributed by atoms with Crippen molar-refractivity contribution in [1.82, 2.24) is 9.80 Å². The van der Waals surface area contributed by atoms with Gasteiger partial charge in [-0.05, 0) is 145 Å². The van der Waals surface area contributed by atoms with E-state index in [2.05, 4.69) is 24.9 Å². The number of esters is 1. The number of aliphatic hydroxyl groups excluding tert-OH is 1. The fourth-order valence-electron chi connectivity index (χ4n) is 13.7. The highest BCUT2D eigenvalue weighted by Gasteiger charge is 2.54. The lowest BCUT2D eigenvalue weighted by Crippen LogP contribution is -2.58. The number of anilines is 2. The maximum atomic E-state index is 13.9. The van der Waals surface area contributed by atoms with E-state index in [1.165, 1.54) is 62.7 Å². The van der Waals surface area contributed by atoms with Gasteiger partial charge in [0.1, 0.15) is 41.5 Å². The van der Waals surface area contributed by atoms with Crippen LogP contribution in [-0.4, -0.2) is 167 Å².